The van der Waals surface area contributed by atoms with Crippen molar-refractivity contribution in [2.75, 3.05) is 0 Å². The van der Waals surface area contributed by atoms with Gasteiger partial charge in [0.2, 0.25) is 0 Å². The molecule has 0 spiro atoms. The van der Waals surface area contributed by atoms with Crippen molar-refractivity contribution in [2.24, 2.45) is 0 Å². The van der Waals surface area contributed by atoms with Gasteiger partial charge in [-0.15, -0.1) is 0 Å². The van der Waals surface area contributed by atoms with Gasteiger partial charge in [-0.2, -0.15) is 0 Å². The lowest BCUT2D eigenvalue weighted by Gasteiger charge is -2.08. The minimum absolute atomic E-state index is 0.272. The third-order valence-electron chi connectivity index (χ3n) is 3.11. The first kappa shape index (κ1) is 12.4. The predicted octanol–water partition coefficient (Wildman–Crippen LogP) is 4.73. The Hall–Kier alpha value is -1.68. The van der Waals surface area contributed by atoms with E-state index < -0.39 is 0 Å². The molecule has 0 atom stereocenters. The normalized spacial score (nSPS) is 11.1. The Bertz CT molecular complexity index is 749. The Morgan fingerprint density at radius 3 is 2.74 bits per heavy atom. The van der Waals surface area contributed by atoms with Gasteiger partial charge in [-0.05, 0) is 57.2 Å². The van der Waals surface area contributed by atoms with Crippen molar-refractivity contribution in [1.29, 1.82) is 0 Å². The number of rotatable bonds is 2. The number of nitrogens with zero attached hydrogens (tertiary/aromatic N) is 1. The van der Waals surface area contributed by atoms with Gasteiger partial charge in [-0.3, -0.25) is 0 Å². The first-order valence-corrected chi connectivity index (χ1v) is 6.62. The highest BCUT2D eigenvalue weighted by atomic mass is 79.9. The molecule has 0 N–H and O–H groups in total. The van der Waals surface area contributed by atoms with E-state index in [9.17, 15) is 8.78 Å². The van der Waals surface area contributed by atoms with Crippen LogP contribution in [0.2, 0.25) is 0 Å². The Kier molecular flexibility index (Phi) is 3.11. The summed E-state index contributed by atoms with van der Waals surface area (Å²) >= 11 is 3.24. The molecule has 1 aromatic heterocycles. The third kappa shape index (κ3) is 2.28. The first-order valence-electron chi connectivity index (χ1n) is 5.82. The molecule has 19 heavy (non-hydrogen) atoms. The molecule has 3 aromatic rings. The Labute approximate surface area is 117 Å². The molecule has 96 valence electrons. The second-order valence-corrected chi connectivity index (χ2v) is 5.15. The maximum Gasteiger partial charge on any atom is 0.137 e. The van der Waals surface area contributed by atoms with Crippen LogP contribution >= 0.6 is 15.9 Å². The van der Waals surface area contributed by atoms with Gasteiger partial charge in [0, 0.05) is 12.7 Å². The molecule has 0 aliphatic heterocycles. The predicted molar refractivity (Wildman–Crippen MR) is 75.1 cm³/mol. The third-order valence-corrected chi connectivity index (χ3v) is 4.00. The van der Waals surface area contributed by atoms with Gasteiger partial charge in [-0.1, -0.05) is 12.1 Å². The van der Waals surface area contributed by atoms with Crippen LogP contribution in [0.1, 0.15) is 5.56 Å². The van der Waals surface area contributed by atoms with Crippen LogP contribution in [0.3, 0.4) is 0 Å². The van der Waals surface area contributed by atoms with Crippen molar-refractivity contribution in [3.05, 3.63) is 70.3 Å². The fourth-order valence-corrected chi connectivity index (χ4v) is 2.54. The van der Waals surface area contributed by atoms with Gasteiger partial charge in [0.05, 0.1) is 9.99 Å². The molecule has 2 aromatic carbocycles. The average Bonchev–Trinajstić information content (AvgIpc) is 2.78. The molecule has 1 heterocycles. The molecular weight excluding hydrogens is 312 g/mol. The van der Waals surface area contributed by atoms with E-state index in [2.05, 4.69) is 15.9 Å². The van der Waals surface area contributed by atoms with Gasteiger partial charge in [0.15, 0.2) is 0 Å². The lowest BCUT2D eigenvalue weighted by molar-refractivity contribution is 0.616. The highest BCUT2D eigenvalue weighted by Crippen LogP contribution is 2.24. The Morgan fingerprint density at radius 2 is 1.89 bits per heavy atom. The van der Waals surface area contributed by atoms with Gasteiger partial charge >= 0.3 is 0 Å². The molecular formula is C15H10BrF2N. The molecule has 0 aliphatic rings. The Balaban J connectivity index is 2.06. The standard InChI is InChI=1S/C15H10BrF2N/c16-15-11(2-1-3-13(15)18)9-19-7-6-10-4-5-12(17)8-14(10)19/h1-8H,9H2. The zero-order valence-electron chi connectivity index (χ0n) is 9.91. The highest BCUT2D eigenvalue weighted by molar-refractivity contribution is 9.10. The number of hydrogen-bond acceptors (Lipinski definition) is 0. The van der Waals surface area contributed by atoms with Crippen molar-refractivity contribution in [3.63, 3.8) is 0 Å². The fraction of sp³-hybridized carbons (Fsp3) is 0.0667. The van der Waals surface area contributed by atoms with Crippen LogP contribution in [0.25, 0.3) is 10.9 Å². The van der Waals surface area contributed by atoms with Crippen LogP contribution < -0.4 is 0 Å². The monoisotopic (exact) mass is 321 g/mol. The quantitative estimate of drug-likeness (QED) is 0.643. The number of aromatic nitrogens is 1. The van der Waals surface area contributed by atoms with Crippen molar-refractivity contribution >= 4 is 26.8 Å². The van der Waals surface area contributed by atoms with Gasteiger partial charge in [0.25, 0.3) is 0 Å². The topological polar surface area (TPSA) is 4.93 Å². The summed E-state index contributed by atoms with van der Waals surface area (Å²) in [6.07, 6.45) is 1.88. The molecule has 1 nitrogen and oxygen atoms in total. The zero-order chi connectivity index (χ0) is 13.4. The SMILES string of the molecule is Fc1ccc2ccn(Cc3cccc(F)c3Br)c2c1. The van der Waals surface area contributed by atoms with E-state index in [0.29, 0.717) is 11.0 Å². The largest absolute Gasteiger partial charge is 0.343 e. The van der Waals surface area contributed by atoms with E-state index in [1.807, 2.05) is 22.9 Å². The summed E-state index contributed by atoms with van der Waals surface area (Å²) in [4.78, 5) is 0. The van der Waals surface area contributed by atoms with Gasteiger partial charge in [-0.25, -0.2) is 8.78 Å². The second kappa shape index (κ2) is 4.78. The summed E-state index contributed by atoms with van der Waals surface area (Å²) < 4.78 is 29.1. The van der Waals surface area contributed by atoms with E-state index in [4.69, 9.17) is 0 Å². The lowest BCUT2D eigenvalue weighted by atomic mass is 10.2. The highest BCUT2D eigenvalue weighted by Gasteiger charge is 2.08. The number of halogens is 3. The van der Waals surface area contributed by atoms with E-state index in [1.165, 1.54) is 18.2 Å². The summed E-state index contributed by atoms with van der Waals surface area (Å²) in [7, 11) is 0. The van der Waals surface area contributed by atoms with Gasteiger partial charge < -0.3 is 4.57 Å². The summed E-state index contributed by atoms with van der Waals surface area (Å²) in [5.74, 6) is -0.564. The fourth-order valence-electron chi connectivity index (χ4n) is 2.15. The zero-order valence-corrected chi connectivity index (χ0v) is 11.5. The first-order chi connectivity index (χ1) is 9.15. The van der Waals surface area contributed by atoms with E-state index >= 15 is 0 Å². The van der Waals surface area contributed by atoms with Crippen LogP contribution in [0.5, 0.6) is 0 Å². The smallest absolute Gasteiger partial charge is 0.137 e. The van der Waals surface area contributed by atoms with Crippen molar-refractivity contribution in [1.82, 2.24) is 4.57 Å². The Morgan fingerprint density at radius 1 is 1.05 bits per heavy atom. The summed E-state index contributed by atoms with van der Waals surface area (Å²) in [6.45, 7) is 0.491. The van der Waals surface area contributed by atoms with E-state index in [-0.39, 0.29) is 11.6 Å². The minimum atomic E-state index is -0.292. The average molecular weight is 322 g/mol. The number of benzene rings is 2. The second-order valence-electron chi connectivity index (χ2n) is 4.36. The van der Waals surface area contributed by atoms with Gasteiger partial charge in [0.1, 0.15) is 11.6 Å². The van der Waals surface area contributed by atoms with E-state index in [1.54, 1.807) is 12.1 Å². The van der Waals surface area contributed by atoms with Crippen LogP contribution in [0.4, 0.5) is 8.78 Å². The molecule has 0 saturated heterocycles. The summed E-state index contributed by atoms with van der Waals surface area (Å²) in [5, 5.41) is 0.967. The maximum absolute atomic E-state index is 13.5. The van der Waals surface area contributed by atoms with E-state index in [0.717, 1.165) is 16.5 Å². The molecule has 0 radical (unpaired) electrons. The molecule has 0 unspecified atom stereocenters. The van der Waals surface area contributed by atoms with Crippen molar-refractivity contribution in [3.8, 4) is 0 Å². The molecule has 0 fully saturated rings. The molecule has 4 heteroatoms. The van der Waals surface area contributed by atoms with Crippen LogP contribution in [-0.4, -0.2) is 4.57 Å². The molecule has 3 rings (SSSR count). The lowest BCUT2D eigenvalue weighted by Crippen LogP contribution is -2.00. The number of fused-ring (bicyclic) bond motifs is 1. The molecule has 0 bridgehead atoms. The minimum Gasteiger partial charge on any atom is -0.343 e. The summed E-state index contributed by atoms with van der Waals surface area (Å²) in [5.41, 5.74) is 1.62. The molecule has 0 saturated carbocycles. The van der Waals surface area contributed by atoms with Crippen molar-refractivity contribution < 1.29 is 8.78 Å². The molecule has 0 aliphatic carbocycles. The maximum atomic E-state index is 13.5. The molecule has 0 amide bonds. The van der Waals surface area contributed by atoms with Crippen LogP contribution in [0, 0.1) is 11.6 Å². The van der Waals surface area contributed by atoms with Crippen LogP contribution in [-0.2, 0) is 6.54 Å². The number of hydrogen-bond donors (Lipinski definition) is 0. The van der Waals surface area contributed by atoms with Crippen LogP contribution in [0.15, 0.2) is 53.1 Å². The summed E-state index contributed by atoms with van der Waals surface area (Å²) in [6, 6.07) is 11.5. The van der Waals surface area contributed by atoms with Crippen molar-refractivity contribution in [2.45, 2.75) is 6.54 Å².